The van der Waals surface area contributed by atoms with Crippen molar-refractivity contribution in [3.05, 3.63) is 89.7 Å². The highest BCUT2D eigenvalue weighted by Crippen LogP contribution is 2.44. The van der Waals surface area contributed by atoms with Crippen LogP contribution in [0.2, 0.25) is 0 Å². The predicted molar refractivity (Wildman–Crippen MR) is 125 cm³/mol. The van der Waals surface area contributed by atoms with Gasteiger partial charge in [0.1, 0.15) is 12.6 Å². The number of likely N-dealkylation sites (N-methyl/N-ethyl adjacent to an activating group) is 1. The van der Waals surface area contributed by atoms with E-state index in [0.29, 0.717) is 5.69 Å². The average Bonchev–Trinajstić information content (AvgIpc) is 3.16. The van der Waals surface area contributed by atoms with Crippen molar-refractivity contribution in [3.63, 3.8) is 0 Å². The van der Waals surface area contributed by atoms with Gasteiger partial charge in [-0.25, -0.2) is 4.79 Å². The summed E-state index contributed by atoms with van der Waals surface area (Å²) in [5.74, 6) is -1.89. The van der Waals surface area contributed by atoms with Gasteiger partial charge in [-0.2, -0.15) is 0 Å². The minimum absolute atomic E-state index is 0.0671. The number of carbonyl (C=O) groups excluding carboxylic acids is 2. The Bertz CT molecular complexity index is 1150. The number of rotatable bonds is 8. The number of aliphatic carboxylic acids is 1. The van der Waals surface area contributed by atoms with Crippen LogP contribution in [-0.2, 0) is 20.9 Å². The van der Waals surface area contributed by atoms with Gasteiger partial charge in [0.2, 0.25) is 5.91 Å². The molecule has 0 fully saturated rings. The van der Waals surface area contributed by atoms with Crippen molar-refractivity contribution in [3.8, 4) is 11.1 Å². The van der Waals surface area contributed by atoms with Gasteiger partial charge in [0.05, 0.1) is 18.7 Å². The molecule has 0 bridgehead atoms. The third kappa shape index (κ3) is 5.06. The number of alkyl carbamates (subject to hydrolysis) is 1. The molecule has 1 aliphatic carbocycles. The maximum atomic E-state index is 12.9. The van der Waals surface area contributed by atoms with Crippen LogP contribution in [-0.4, -0.2) is 52.7 Å². The zero-order valence-electron chi connectivity index (χ0n) is 18.7. The molecule has 0 saturated carbocycles. The lowest BCUT2D eigenvalue weighted by Gasteiger charge is -2.23. The second-order valence-electron chi connectivity index (χ2n) is 8.14. The fraction of sp³-hybridized carbons (Fsp3) is 0.231. The van der Waals surface area contributed by atoms with E-state index in [0.717, 1.165) is 22.3 Å². The van der Waals surface area contributed by atoms with Gasteiger partial charge in [0.15, 0.2) is 0 Å². The number of ether oxygens (including phenoxy) is 1. The molecule has 34 heavy (non-hydrogen) atoms. The number of benzene rings is 2. The lowest BCUT2D eigenvalue weighted by Crippen LogP contribution is -2.48. The Balaban J connectivity index is 1.42. The number of carboxylic acids is 1. The molecular formula is C26H25N3O5. The topological polar surface area (TPSA) is 109 Å². The summed E-state index contributed by atoms with van der Waals surface area (Å²) < 4.78 is 5.47. The number of carbonyl (C=O) groups is 3. The number of hydrogen-bond donors (Lipinski definition) is 2. The summed E-state index contributed by atoms with van der Waals surface area (Å²) in [7, 11) is 1.53. The van der Waals surface area contributed by atoms with Gasteiger partial charge in [-0.05, 0) is 34.4 Å². The molecule has 2 N–H and O–H groups in total. The van der Waals surface area contributed by atoms with Crippen molar-refractivity contribution < 1.29 is 24.2 Å². The normalized spacial score (nSPS) is 12.9. The predicted octanol–water partition coefficient (Wildman–Crippen LogP) is 3.42. The highest BCUT2D eigenvalue weighted by Gasteiger charge is 2.31. The average molecular weight is 460 g/mol. The van der Waals surface area contributed by atoms with E-state index in [-0.39, 0.29) is 19.1 Å². The Hall–Kier alpha value is -4.20. The summed E-state index contributed by atoms with van der Waals surface area (Å²) in [6.45, 7) is 0.250. The summed E-state index contributed by atoms with van der Waals surface area (Å²) in [6, 6.07) is 20.0. The molecule has 3 aromatic rings. The molecule has 2 amide bonds. The van der Waals surface area contributed by atoms with Crippen molar-refractivity contribution in [2.45, 2.75) is 24.9 Å². The highest BCUT2D eigenvalue weighted by atomic mass is 16.5. The third-order valence-corrected chi connectivity index (χ3v) is 5.81. The van der Waals surface area contributed by atoms with Gasteiger partial charge in [-0.15, -0.1) is 0 Å². The second-order valence-corrected chi connectivity index (χ2v) is 8.14. The highest BCUT2D eigenvalue weighted by molar-refractivity contribution is 5.89. The zero-order valence-corrected chi connectivity index (χ0v) is 18.7. The Kier molecular flexibility index (Phi) is 6.87. The van der Waals surface area contributed by atoms with Crippen molar-refractivity contribution >= 4 is 18.0 Å². The molecular weight excluding hydrogens is 434 g/mol. The van der Waals surface area contributed by atoms with Crippen LogP contribution in [0.25, 0.3) is 11.1 Å². The number of pyridine rings is 1. The van der Waals surface area contributed by atoms with E-state index in [2.05, 4.69) is 10.3 Å². The Morgan fingerprint density at radius 2 is 1.62 bits per heavy atom. The SMILES string of the molecule is CN(Cc1ccccn1)C(=O)C(CC(=O)O)NC(=O)OCC1c2ccccc2-c2ccccc21. The number of amides is 2. The fourth-order valence-electron chi connectivity index (χ4n) is 4.24. The molecule has 8 nitrogen and oxygen atoms in total. The fourth-order valence-corrected chi connectivity index (χ4v) is 4.24. The number of nitrogens with zero attached hydrogens (tertiary/aromatic N) is 2. The smallest absolute Gasteiger partial charge is 0.407 e. The van der Waals surface area contributed by atoms with Crippen LogP contribution in [0, 0.1) is 0 Å². The standard InChI is InChI=1S/C26H25N3O5/c1-29(15-17-8-6-7-13-27-17)25(32)23(14-24(30)31)28-26(33)34-16-22-20-11-4-2-9-18(20)19-10-3-5-12-21(19)22/h2-13,22-23H,14-16H2,1H3,(H,28,33)(H,30,31). The molecule has 1 heterocycles. The Morgan fingerprint density at radius 3 is 2.21 bits per heavy atom. The van der Waals surface area contributed by atoms with E-state index in [4.69, 9.17) is 4.74 Å². The van der Waals surface area contributed by atoms with E-state index in [9.17, 15) is 19.5 Å². The van der Waals surface area contributed by atoms with Crippen LogP contribution in [0.4, 0.5) is 4.79 Å². The van der Waals surface area contributed by atoms with Crippen LogP contribution in [0.5, 0.6) is 0 Å². The molecule has 2 aromatic carbocycles. The van der Waals surface area contributed by atoms with E-state index >= 15 is 0 Å². The lowest BCUT2D eigenvalue weighted by atomic mass is 9.98. The first-order valence-electron chi connectivity index (χ1n) is 10.9. The summed E-state index contributed by atoms with van der Waals surface area (Å²) in [6.07, 6.45) is 0.208. The van der Waals surface area contributed by atoms with Gasteiger partial charge in [0.25, 0.3) is 0 Å². The minimum Gasteiger partial charge on any atom is -0.481 e. The number of hydrogen-bond acceptors (Lipinski definition) is 5. The summed E-state index contributed by atoms with van der Waals surface area (Å²) in [5.41, 5.74) is 4.97. The monoisotopic (exact) mass is 459 g/mol. The largest absolute Gasteiger partial charge is 0.481 e. The second kappa shape index (κ2) is 10.2. The van der Waals surface area contributed by atoms with Gasteiger partial charge < -0.3 is 20.1 Å². The van der Waals surface area contributed by atoms with E-state index in [1.54, 1.807) is 24.4 Å². The van der Waals surface area contributed by atoms with Crippen molar-refractivity contribution in [1.29, 1.82) is 0 Å². The zero-order chi connectivity index (χ0) is 24.1. The van der Waals surface area contributed by atoms with Gasteiger partial charge in [0, 0.05) is 19.2 Å². The number of aromatic nitrogens is 1. The van der Waals surface area contributed by atoms with Gasteiger partial charge in [-0.3, -0.25) is 14.6 Å². The van der Waals surface area contributed by atoms with E-state index < -0.39 is 30.4 Å². The third-order valence-electron chi connectivity index (χ3n) is 5.81. The van der Waals surface area contributed by atoms with E-state index in [1.807, 2.05) is 48.5 Å². The lowest BCUT2D eigenvalue weighted by molar-refractivity contribution is -0.142. The Labute approximate surface area is 197 Å². The van der Waals surface area contributed by atoms with Gasteiger partial charge >= 0.3 is 12.1 Å². The van der Waals surface area contributed by atoms with Crippen LogP contribution in [0.3, 0.4) is 0 Å². The first-order chi connectivity index (χ1) is 16.4. The molecule has 1 aromatic heterocycles. The minimum atomic E-state index is -1.26. The molecule has 0 aliphatic heterocycles. The quantitative estimate of drug-likeness (QED) is 0.534. The van der Waals surface area contributed by atoms with Crippen LogP contribution in [0.15, 0.2) is 72.9 Å². The molecule has 1 atom stereocenters. The Morgan fingerprint density at radius 1 is 1.00 bits per heavy atom. The van der Waals surface area contributed by atoms with Crippen molar-refractivity contribution in [2.75, 3.05) is 13.7 Å². The van der Waals surface area contributed by atoms with Crippen LogP contribution < -0.4 is 5.32 Å². The van der Waals surface area contributed by atoms with E-state index in [1.165, 1.54) is 11.9 Å². The maximum Gasteiger partial charge on any atom is 0.407 e. The molecule has 0 saturated heterocycles. The number of nitrogens with one attached hydrogen (secondary N) is 1. The first kappa shape index (κ1) is 23.0. The number of carboxylic acid groups (broad SMARTS) is 1. The molecule has 174 valence electrons. The summed E-state index contributed by atoms with van der Waals surface area (Å²) in [4.78, 5) is 42.3. The summed E-state index contributed by atoms with van der Waals surface area (Å²) in [5, 5.41) is 11.7. The van der Waals surface area contributed by atoms with Crippen molar-refractivity contribution in [1.82, 2.24) is 15.2 Å². The maximum absolute atomic E-state index is 12.9. The van der Waals surface area contributed by atoms with Crippen molar-refractivity contribution in [2.24, 2.45) is 0 Å². The van der Waals surface area contributed by atoms with Crippen LogP contribution >= 0.6 is 0 Å². The molecule has 0 radical (unpaired) electrons. The molecule has 0 spiro atoms. The molecule has 1 aliphatic rings. The van der Waals surface area contributed by atoms with Crippen LogP contribution in [0.1, 0.15) is 29.2 Å². The summed E-state index contributed by atoms with van der Waals surface area (Å²) >= 11 is 0. The molecule has 4 rings (SSSR count). The molecule has 8 heteroatoms. The number of fused-ring (bicyclic) bond motifs is 3. The molecule has 1 unspecified atom stereocenters. The van der Waals surface area contributed by atoms with Gasteiger partial charge in [-0.1, -0.05) is 54.6 Å². The first-order valence-corrected chi connectivity index (χ1v) is 10.9.